The molecule has 82 valence electrons. The van der Waals surface area contributed by atoms with Crippen molar-refractivity contribution in [3.05, 3.63) is 17.7 Å². The number of aromatic nitrogens is 2. The Morgan fingerprint density at radius 3 is 2.47 bits per heavy atom. The highest BCUT2D eigenvalue weighted by molar-refractivity contribution is 5.15. The molecule has 1 atom stereocenters. The molecule has 0 aliphatic heterocycles. The highest BCUT2D eigenvalue weighted by atomic mass is 15.2. The second-order valence-corrected chi connectivity index (χ2v) is 3.58. The summed E-state index contributed by atoms with van der Waals surface area (Å²) >= 11 is 0. The summed E-state index contributed by atoms with van der Waals surface area (Å²) in [4.78, 5) is 6.50. The van der Waals surface area contributed by atoms with Gasteiger partial charge in [0.15, 0.2) is 0 Å². The smallest absolute Gasteiger partial charge is 0.142 e. The third-order valence-corrected chi connectivity index (χ3v) is 2.71. The van der Waals surface area contributed by atoms with E-state index in [1.165, 1.54) is 0 Å². The quantitative estimate of drug-likeness (QED) is 0.752. The summed E-state index contributed by atoms with van der Waals surface area (Å²) in [7, 11) is 1.95. The first-order valence-corrected chi connectivity index (χ1v) is 5.27. The zero-order valence-electron chi connectivity index (χ0n) is 9.86. The molecule has 1 rings (SSSR count). The van der Waals surface area contributed by atoms with Crippen molar-refractivity contribution in [2.45, 2.75) is 26.8 Å². The molecule has 0 amide bonds. The van der Waals surface area contributed by atoms with E-state index >= 15 is 0 Å². The number of aryl methyl sites for hydroxylation is 2. The van der Waals surface area contributed by atoms with Crippen molar-refractivity contribution in [3.63, 3.8) is 0 Å². The van der Waals surface area contributed by atoms with E-state index in [1.807, 2.05) is 24.7 Å². The number of hydrogen-bond acceptors (Lipinski definition) is 3. The number of imidazole rings is 1. The molecule has 4 nitrogen and oxygen atoms in total. The molecule has 1 aromatic heterocycles. The maximum atomic E-state index is 9.17. The summed E-state index contributed by atoms with van der Waals surface area (Å²) in [5, 5.41) is 9.17. The fourth-order valence-corrected chi connectivity index (χ4v) is 1.64. The lowest BCUT2D eigenvalue weighted by Gasteiger charge is -2.22. The van der Waals surface area contributed by atoms with Crippen molar-refractivity contribution in [2.75, 3.05) is 13.1 Å². The van der Waals surface area contributed by atoms with Crippen LogP contribution < -0.4 is 0 Å². The fraction of sp³-hybridized carbons (Fsp3) is 0.636. The molecule has 0 aliphatic rings. The molecule has 0 bridgehead atoms. The van der Waals surface area contributed by atoms with Crippen LogP contribution in [0.1, 0.15) is 31.4 Å². The zero-order chi connectivity index (χ0) is 11.4. The van der Waals surface area contributed by atoms with Gasteiger partial charge in [-0.3, -0.25) is 4.90 Å². The Morgan fingerprint density at radius 1 is 1.53 bits per heavy atom. The standard InChI is InChI=1S/C11H18N4/c1-5-15(6-2)11(7-12)10-8-14(4)9(3)13-10/h8,11H,5-6H2,1-4H3. The van der Waals surface area contributed by atoms with Crippen molar-refractivity contribution in [3.8, 4) is 6.07 Å². The average Bonchev–Trinajstić information content (AvgIpc) is 2.55. The Bertz CT molecular complexity index is 338. The minimum Gasteiger partial charge on any atom is -0.338 e. The van der Waals surface area contributed by atoms with Crippen LogP contribution in [0.2, 0.25) is 0 Å². The van der Waals surface area contributed by atoms with Gasteiger partial charge in [0.2, 0.25) is 0 Å². The maximum absolute atomic E-state index is 9.17. The van der Waals surface area contributed by atoms with Gasteiger partial charge in [-0.2, -0.15) is 5.26 Å². The monoisotopic (exact) mass is 206 g/mol. The summed E-state index contributed by atoms with van der Waals surface area (Å²) < 4.78 is 1.95. The van der Waals surface area contributed by atoms with E-state index in [2.05, 4.69) is 29.8 Å². The molecular formula is C11H18N4. The second kappa shape index (κ2) is 4.94. The third kappa shape index (κ3) is 2.37. The van der Waals surface area contributed by atoms with Gasteiger partial charge in [-0.25, -0.2) is 4.98 Å². The Hall–Kier alpha value is -1.34. The van der Waals surface area contributed by atoms with E-state index in [9.17, 15) is 5.26 Å². The van der Waals surface area contributed by atoms with Gasteiger partial charge in [-0.1, -0.05) is 13.8 Å². The van der Waals surface area contributed by atoms with E-state index in [-0.39, 0.29) is 6.04 Å². The molecule has 15 heavy (non-hydrogen) atoms. The molecule has 0 aliphatic carbocycles. The largest absolute Gasteiger partial charge is 0.338 e. The van der Waals surface area contributed by atoms with Gasteiger partial charge in [0.05, 0.1) is 11.8 Å². The van der Waals surface area contributed by atoms with Gasteiger partial charge < -0.3 is 4.57 Å². The molecule has 4 heteroatoms. The first-order chi connectivity index (χ1) is 7.13. The molecule has 1 heterocycles. The van der Waals surface area contributed by atoms with Gasteiger partial charge in [-0.15, -0.1) is 0 Å². The van der Waals surface area contributed by atoms with Crippen LogP contribution in [0.5, 0.6) is 0 Å². The van der Waals surface area contributed by atoms with Crippen LogP contribution in [-0.4, -0.2) is 27.5 Å². The summed E-state index contributed by atoms with van der Waals surface area (Å²) in [5.41, 5.74) is 0.848. The van der Waals surface area contributed by atoms with Crippen molar-refractivity contribution in [1.82, 2.24) is 14.5 Å². The lowest BCUT2D eigenvalue weighted by Crippen LogP contribution is -2.27. The van der Waals surface area contributed by atoms with Crippen molar-refractivity contribution >= 4 is 0 Å². The first-order valence-electron chi connectivity index (χ1n) is 5.27. The lowest BCUT2D eigenvalue weighted by molar-refractivity contribution is 0.259. The molecule has 0 saturated heterocycles. The molecule has 0 saturated carbocycles. The Balaban J connectivity index is 2.97. The van der Waals surface area contributed by atoms with Crippen LogP contribution in [0.3, 0.4) is 0 Å². The summed E-state index contributed by atoms with van der Waals surface area (Å²) in [6.07, 6.45) is 1.93. The van der Waals surface area contributed by atoms with E-state index in [4.69, 9.17) is 0 Å². The summed E-state index contributed by atoms with van der Waals surface area (Å²) in [6, 6.07) is 2.09. The Labute approximate surface area is 91.1 Å². The number of nitriles is 1. The number of rotatable bonds is 4. The Morgan fingerprint density at radius 2 is 2.13 bits per heavy atom. The molecular weight excluding hydrogens is 188 g/mol. The van der Waals surface area contributed by atoms with Gasteiger partial charge in [0.25, 0.3) is 0 Å². The summed E-state index contributed by atoms with van der Waals surface area (Å²) in [6.45, 7) is 7.79. The lowest BCUT2D eigenvalue weighted by atomic mass is 10.2. The van der Waals surface area contributed by atoms with Crippen LogP contribution in [0.25, 0.3) is 0 Å². The molecule has 0 aromatic carbocycles. The predicted molar refractivity (Wildman–Crippen MR) is 59.2 cm³/mol. The second-order valence-electron chi connectivity index (χ2n) is 3.58. The van der Waals surface area contributed by atoms with E-state index < -0.39 is 0 Å². The van der Waals surface area contributed by atoms with Crippen molar-refractivity contribution in [1.29, 1.82) is 5.26 Å². The van der Waals surface area contributed by atoms with Crippen LogP contribution in [0.4, 0.5) is 0 Å². The van der Waals surface area contributed by atoms with Gasteiger partial charge in [0, 0.05) is 13.2 Å². The Kier molecular flexibility index (Phi) is 3.87. The van der Waals surface area contributed by atoms with Gasteiger partial charge in [-0.05, 0) is 20.0 Å². The molecule has 0 radical (unpaired) electrons. The highest BCUT2D eigenvalue weighted by Crippen LogP contribution is 2.18. The van der Waals surface area contributed by atoms with E-state index in [0.717, 1.165) is 24.6 Å². The van der Waals surface area contributed by atoms with E-state index in [0.29, 0.717) is 0 Å². The topological polar surface area (TPSA) is 44.9 Å². The first kappa shape index (κ1) is 11.7. The van der Waals surface area contributed by atoms with Crippen LogP contribution >= 0.6 is 0 Å². The van der Waals surface area contributed by atoms with Crippen molar-refractivity contribution in [2.24, 2.45) is 7.05 Å². The fourth-order valence-electron chi connectivity index (χ4n) is 1.64. The normalized spacial score (nSPS) is 12.8. The van der Waals surface area contributed by atoms with Crippen LogP contribution in [0, 0.1) is 18.3 Å². The molecule has 1 unspecified atom stereocenters. The number of nitrogens with zero attached hydrogens (tertiary/aromatic N) is 4. The van der Waals surface area contributed by atoms with Gasteiger partial charge >= 0.3 is 0 Å². The highest BCUT2D eigenvalue weighted by Gasteiger charge is 2.20. The minimum absolute atomic E-state index is 0.222. The summed E-state index contributed by atoms with van der Waals surface area (Å²) in [5.74, 6) is 0.942. The molecule has 0 fully saturated rings. The SMILES string of the molecule is CCN(CC)C(C#N)c1cn(C)c(C)n1. The van der Waals surface area contributed by atoms with Gasteiger partial charge in [0.1, 0.15) is 11.9 Å². The third-order valence-electron chi connectivity index (χ3n) is 2.71. The zero-order valence-corrected chi connectivity index (χ0v) is 9.86. The molecule has 0 N–H and O–H groups in total. The van der Waals surface area contributed by atoms with Crippen LogP contribution in [0.15, 0.2) is 6.20 Å². The molecule has 1 aromatic rings. The van der Waals surface area contributed by atoms with Crippen LogP contribution in [-0.2, 0) is 7.05 Å². The number of hydrogen-bond donors (Lipinski definition) is 0. The maximum Gasteiger partial charge on any atom is 0.142 e. The predicted octanol–water partition coefficient (Wildman–Crippen LogP) is 1.64. The molecule has 0 spiro atoms. The van der Waals surface area contributed by atoms with E-state index in [1.54, 1.807) is 0 Å². The minimum atomic E-state index is -0.222. The average molecular weight is 206 g/mol. The van der Waals surface area contributed by atoms with Crippen molar-refractivity contribution < 1.29 is 0 Å².